The summed E-state index contributed by atoms with van der Waals surface area (Å²) in [6, 6.07) is 0.282. The maximum Gasteiger partial charge on any atom is 0.236 e. The van der Waals surface area contributed by atoms with E-state index in [1.54, 1.807) is 7.11 Å². The summed E-state index contributed by atoms with van der Waals surface area (Å²) in [6.07, 6.45) is 3.93. The van der Waals surface area contributed by atoms with Gasteiger partial charge in [0.05, 0.1) is 12.6 Å². The van der Waals surface area contributed by atoms with Crippen LogP contribution in [0.15, 0.2) is 0 Å². The number of methoxy groups -OCH3 is 1. The maximum atomic E-state index is 12.1. The summed E-state index contributed by atoms with van der Waals surface area (Å²) in [6.45, 7) is 10.2. The Kier molecular flexibility index (Phi) is 4.45. The van der Waals surface area contributed by atoms with Gasteiger partial charge >= 0.3 is 0 Å². The van der Waals surface area contributed by atoms with E-state index in [-0.39, 0.29) is 17.4 Å². The molecule has 2 unspecified atom stereocenters. The van der Waals surface area contributed by atoms with Gasteiger partial charge in [-0.1, -0.05) is 20.8 Å². The quantitative estimate of drug-likeness (QED) is 0.732. The van der Waals surface area contributed by atoms with Crippen molar-refractivity contribution in [1.82, 2.24) is 10.6 Å². The van der Waals surface area contributed by atoms with E-state index in [1.165, 1.54) is 19.3 Å². The Morgan fingerprint density at radius 2 is 2.10 bits per heavy atom. The molecular weight excluding hydrogens is 252 g/mol. The summed E-state index contributed by atoms with van der Waals surface area (Å²) >= 11 is 0. The molecule has 2 aliphatic carbocycles. The van der Waals surface area contributed by atoms with Gasteiger partial charge in [0.2, 0.25) is 5.91 Å². The number of amides is 1. The lowest BCUT2D eigenvalue weighted by Crippen LogP contribution is -2.56. The minimum Gasteiger partial charge on any atom is -0.383 e. The molecule has 1 amide bonds. The van der Waals surface area contributed by atoms with Crippen LogP contribution in [-0.2, 0) is 9.53 Å². The molecule has 0 aromatic carbocycles. The zero-order valence-electron chi connectivity index (χ0n) is 13.6. The molecule has 4 heteroatoms. The smallest absolute Gasteiger partial charge is 0.236 e. The zero-order chi connectivity index (χ0) is 15.0. The minimum absolute atomic E-state index is 0.0734. The van der Waals surface area contributed by atoms with Gasteiger partial charge in [0, 0.05) is 19.7 Å². The minimum atomic E-state index is -0.146. The Hall–Kier alpha value is -0.610. The van der Waals surface area contributed by atoms with Crippen molar-refractivity contribution in [1.29, 1.82) is 0 Å². The largest absolute Gasteiger partial charge is 0.383 e. The molecule has 0 aromatic rings. The molecule has 2 fully saturated rings. The van der Waals surface area contributed by atoms with Crippen LogP contribution in [0.2, 0.25) is 0 Å². The molecule has 0 aromatic heterocycles. The van der Waals surface area contributed by atoms with E-state index < -0.39 is 0 Å². The second kappa shape index (κ2) is 5.64. The molecular formula is C16H30N2O2. The SMILES string of the molecule is COCCNC(=O)C(C)NC1C(C)(C)[C@H]2CC[C@]1(C)C2. The predicted molar refractivity (Wildman–Crippen MR) is 80.5 cm³/mol. The van der Waals surface area contributed by atoms with Crippen molar-refractivity contribution in [2.75, 3.05) is 20.3 Å². The number of carbonyl (C=O) groups excluding carboxylic acids is 1. The molecule has 2 rings (SSSR count). The third-order valence-electron chi connectivity index (χ3n) is 5.69. The number of ether oxygens (including phenoxy) is 1. The van der Waals surface area contributed by atoms with Gasteiger partial charge in [-0.2, -0.15) is 0 Å². The normalized spacial score (nSPS) is 36.0. The van der Waals surface area contributed by atoms with Gasteiger partial charge in [0.15, 0.2) is 0 Å². The number of fused-ring (bicyclic) bond motifs is 2. The molecule has 0 spiro atoms. The van der Waals surface area contributed by atoms with Gasteiger partial charge in [0.25, 0.3) is 0 Å². The van der Waals surface area contributed by atoms with Crippen LogP contribution < -0.4 is 10.6 Å². The Morgan fingerprint density at radius 1 is 1.40 bits per heavy atom. The number of nitrogens with one attached hydrogen (secondary N) is 2. The number of rotatable bonds is 6. The van der Waals surface area contributed by atoms with Gasteiger partial charge in [0.1, 0.15) is 0 Å². The molecule has 4 atom stereocenters. The third-order valence-corrected chi connectivity index (χ3v) is 5.69. The Labute approximate surface area is 123 Å². The molecule has 0 saturated heterocycles. The summed E-state index contributed by atoms with van der Waals surface area (Å²) < 4.78 is 4.96. The van der Waals surface area contributed by atoms with E-state index in [4.69, 9.17) is 4.74 Å². The Morgan fingerprint density at radius 3 is 2.65 bits per heavy atom. The summed E-state index contributed by atoms with van der Waals surface area (Å²) in [5.74, 6) is 0.873. The van der Waals surface area contributed by atoms with Crippen molar-refractivity contribution in [3.05, 3.63) is 0 Å². The van der Waals surface area contributed by atoms with Gasteiger partial charge < -0.3 is 15.4 Å². The van der Waals surface area contributed by atoms with Crippen LogP contribution in [0.25, 0.3) is 0 Å². The summed E-state index contributed by atoms with van der Waals surface area (Å²) in [5, 5.41) is 6.53. The first-order chi connectivity index (χ1) is 9.31. The summed E-state index contributed by atoms with van der Waals surface area (Å²) in [4.78, 5) is 12.1. The van der Waals surface area contributed by atoms with Crippen molar-refractivity contribution in [3.63, 3.8) is 0 Å². The topological polar surface area (TPSA) is 50.4 Å². The second-order valence-electron chi connectivity index (χ2n) is 7.52. The van der Waals surface area contributed by atoms with Crippen LogP contribution in [0.4, 0.5) is 0 Å². The van der Waals surface area contributed by atoms with E-state index in [2.05, 4.69) is 31.4 Å². The van der Waals surface area contributed by atoms with E-state index in [9.17, 15) is 4.79 Å². The predicted octanol–water partition coefficient (Wildman–Crippen LogP) is 1.94. The Bertz CT molecular complexity index is 365. The monoisotopic (exact) mass is 282 g/mol. The fourth-order valence-corrected chi connectivity index (χ4v) is 4.47. The van der Waals surface area contributed by atoms with Crippen LogP contribution in [0.5, 0.6) is 0 Å². The molecule has 2 saturated carbocycles. The zero-order valence-corrected chi connectivity index (χ0v) is 13.6. The molecule has 2 N–H and O–H groups in total. The second-order valence-corrected chi connectivity index (χ2v) is 7.52. The summed E-state index contributed by atoms with van der Waals surface area (Å²) in [5.41, 5.74) is 0.642. The van der Waals surface area contributed by atoms with Crippen LogP contribution in [0.1, 0.15) is 47.0 Å². The lowest BCUT2D eigenvalue weighted by atomic mass is 9.68. The number of carbonyl (C=O) groups is 1. The van der Waals surface area contributed by atoms with Crippen LogP contribution in [0.3, 0.4) is 0 Å². The van der Waals surface area contributed by atoms with Gasteiger partial charge in [-0.05, 0) is 42.9 Å². The number of hydrogen-bond donors (Lipinski definition) is 2. The highest BCUT2D eigenvalue weighted by molar-refractivity contribution is 5.81. The average Bonchev–Trinajstić information content (AvgIpc) is 2.85. The highest BCUT2D eigenvalue weighted by Gasteiger charge is 2.59. The lowest BCUT2D eigenvalue weighted by molar-refractivity contribution is -0.123. The van der Waals surface area contributed by atoms with Crippen LogP contribution in [0, 0.1) is 16.7 Å². The van der Waals surface area contributed by atoms with Gasteiger partial charge in [-0.15, -0.1) is 0 Å². The van der Waals surface area contributed by atoms with E-state index in [0.29, 0.717) is 24.6 Å². The molecule has 20 heavy (non-hydrogen) atoms. The van der Waals surface area contributed by atoms with E-state index in [1.807, 2.05) is 6.92 Å². The first-order valence-corrected chi connectivity index (χ1v) is 7.84. The first kappa shape index (κ1) is 15.8. The molecule has 2 aliphatic rings. The molecule has 0 heterocycles. The van der Waals surface area contributed by atoms with Gasteiger partial charge in [-0.25, -0.2) is 0 Å². The highest BCUT2D eigenvalue weighted by Crippen LogP contribution is 2.62. The van der Waals surface area contributed by atoms with Crippen LogP contribution >= 0.6 is 0 Å². The van der Waals surface area contributed by atoms with Crippen LogP contribution in [-0.4, -0.2) is 38.3 Å². The van der Waals surface area contributed by atoms with Crippen molar-refractivity contribution in [2.45, 2.75) is 59.0 Å². The third kappa shape index (κ3) is 2.73. The maximum absolute atomic E-state index is 12.1. The Balaban J connectivity index is 1.93. The number of hydrogen-bond acceptors (Lipinski definition) is 3. The highest BCUT2D eigenvalue weighted by atomic mass is 16.5. The van der Waals surface area contributed by atoms with Crippen molar-refractivity contribution in [3.8, 4) is 0 Å². The standard InChI is InChI=1S/C16H30N2O2/c1-11(13(19)17-8-9-20-5)18-14-15(2,3)12-6-7-16(14,4)10-12/h11-12,14,18H,6-10H2,1-5H3,(H,17,19)/t11?,12-,14?,16+/m0/s1. The van der Waals surface area contributed by atoms with E-state index >= 15 is 0 Å². The van der Waals surface area contributed by atoms with E-state index in [0.717, 1.165) is 5.92 Å². The molecule has 0 radical (unpaired) electrons. The van der Waals surface area contributed by atoms with Crippen molar-refractivity contribution in [2.24, 2.45) is 16.7 Å². The first-order valence-electron chi connectivity index (χ1n) is 7.84. The lowest BCUT2D eigenvalue weighted by Gasteiger charge is -2.44. The van der Waals surface area contributed by atoms with Crippen molar-refractivity contribution >= 4 is 5.91 Å². The molecule has 4 nitrogen and oxygen atoms in total. The molecule has 0 aliphatic heterocycles. The fraction of sp³-hybridized carbons (Fsp3) is 0.938. The molecule has 2 bridgehead atoms. The molecule has 116 valence electrons. The average molecular weight is 282 g/mol. The fourth-order valence-electron chi connectivity index (χ4n) is 4.47. The van der Waals surface area contributed by atoms with Crippen molar-refractivity contribution < 1.29 is 9.53 Å². The summed E-state index contributed by atoms with van der Waals surface area (Å²) in [7, 11) is 1.65. The van der Waals surface area contributed by atoms with Gasteiger partial charge in [-0.3, -0.25) is 4.79 Å².